The molecule has 0 aromatic heterocycles. The van der Waals surface area contributed by atoms with Crippen LogP contribution in [0.3, 0.4) is 0 Å². The molecule has 1 atom stereocenters. The van der Waals surface area contributed by atoms with Gasteiger partial charge in [-0.15, -0.1) is 0 Å². The molecule has 0 saturated carbocycles. The lowest BCUT2D eigenvalue weighted by molar-refractivity contribution is 0.189. The molecule has 1 rings (SSSR count). The Morgan fingerprint density at radius 3 is 1.94 bits per heavy atom. The quantitative estimate of drug-likeness (QED) is 0.630. The third-order valence-electron chi connectivity index (χ3n) is 3.24. The standard InChI is InChI=1S/C17H28/c1-14(15-10-8-7-9-11-15)12-17(5,6)13-16(2,3)4/h7-11,14H,12-13H2,1-6H3. The second-order valence-electron chi connectivity index (χ2n) is 7.42. The fraction of sp³-hybridized carbons (Fsp3) is 0.647. The Balaban J connectivity index is 2.65. The topological polar surface area (TPSA) is 0 Å². The number of hydrogen-bond donors (Lipinski definition) is 0. The van der Waals surface area contributed by atoms with E-state index in [1.54, 1.807) is 0 Å². The van der Waals surface area contributed by atoms with E-state index >= 15 is 0 Å². The number of rotatable bonds is 4. The predicted molar refractivity (Wildman–Crippen MR) is 77.3 cm³/mol. The highest BCUT2D eigenvalue weighted by atomic mass is 14.3. The molecule has 0 heterocycles. The molecule has 0 aliphatic heterocycles. The van der Waals surface area contributed by atoms with E-state index in [0.717, 1.165) is 0 Å². The van der Waals surface area contributed by atoms with Crippen molar-refractivity contribution in [3.8, 4) is 0 Å². The van der Waals surface area contributed by atoms with Crippen molar-refractivity contribution in [3.05, 3.63) is 35.9 Å². The molecule has 0 bridgehead atoms. The first kappa shape index (κ1) is 14.3. The van der Waals surface area contributed by atoms with Crippen LogP contribution in [0.25, 0.3) is 0 Å². The molecule has 0 spiro atoms. The monoisotopic (exact) mass is 232 g/mol. The molecule has 0 fully saturated rings. The molecule has 17 heavy (non-hydrogen) atoms. The van der Waals surface area contributed by atoms with Crippen LogP contribution in [0.1, 0.15) is 65.9 Å². The van der Waals surface area contributed by atoms with Gasteiger partial charge in [-0.1, -0.05) is 71.9 Å². The summed E-state index contributed by atoms with van der Waals surface area (Å²) in [7, 11) is 0. The first-order valence-corrected chi connectivity index (χ1v) is 6.75. The van der Waals surface area contributed by atoms with E-state index in [-0.39, 0.29) is 0 Å². The number of hydrogen-bond acceptors (Lipinski definition) is 0. The van der Waals surface area contributed by atoms with Gasteiger partial charge in [-0.05, 0) is 35.2 Å². The molecule has 0 saturated heterocycles. The fourth-order valence-electron chi connectivity index (χ4n) is 3.24. The maximum absolute atomic E-state index is 2.40. The third kappa shape index (κ3) is 5.39. The Morgan fingerprint density at radius 2 is 1.47 bits per heavy atom. The van der Waals surface area contributed by atoms with Crippen LogP contribution < -0.4 is 0 Å². The minimum atomic E-state index is 0.410. The van der Waals surface area contributed by atoms with Crippen molar-refractivity contribution in [2.75, 3.05) is 0 Å². The van der Waals surface area contributed by atoms with Gasteiger partial charge in [0.25, 0.3) is 0 Å². The first-order chi connectivity index (χ1) is 7.70. The Hall–Kier alpha value is -0.780. The normalized spacial score (nSPS) is 14.7. The van der Waals surface area contributed by atoms with Crippen molar-refractivity contribution >= 4 is 0 Å². The molecule has 1 unspecified atom stereocenters. The fourth-order valence-corrected chi connectivity index (χ4v) is 3.24. The van der Waals surface area contributed by atoms with Gasteiger partial charge in [0.05, 0.1) is 0 Å². The lowest BCUT2D eigenvalue weighted by Gasteiger charge is -2.34. The van der Waals surface area contributed by atoms with Gasteiger partial charge >= 0.3 is 0 Å². The molecule has 0 amide bonds. The van der Waals surface area contributed by atoms with Crippen molar-refractivity contribution < 1.29 is 0 Å². The first-order valence-electron chi connectivity index (χ1n) is 6.75. The van der Waals surface area contributed by atoms with Crippen LogP contribution in [-0.2, 0) is 0 Å². The van der Waals surface area contributed by atoms with Crippen molar-refractivity contribution in [1.82, 2.24) is 0 Å². The van der Waals surface area contributed by atoms with Crippen LogP contribution in [-0.4, -0.2) is 0 Å². The van der Waals surface area contributed by atoms with Crippen LogP contribution in [0, 0.1) is 10.8 Å². The molecule has 0 nitrogen and oxygen atoms in total. The molecule has 96 valence electrons. The Kier molecular flexibility index (Phi) is 4.41. The van der Waals surface area contributed by atoms with Crippen LogP contribution >= 0.6 is 0 Å². The summed E-state index contributed by atoms with van der Waals surface area (Å²) in [5, 5.41) is 0. The Bertz CT molecular complexity index is 327. The van der Waals surface area contributed by atoms with Gasteiger partial charge in [0.1, 0.15) is 0 Å². The van der Waals surface area contributed by atoms with Gasteiger partial charge in [0.15, 0.2) is 0 Å². The molecule has 1 aromatic rings. The average Bonchev–Trinajstić information content (AvgIpc) is 2.14. The molecule has 1 aromatic carbocycles. The third-order valence-corrected chi connectivity index (χ3v) is 3.24. The van der Waals surface area contributed by atoms with Crippen molar-refractivity contribution in [2.24, 2.45) is 10.8 Å². The van der Waals surface area contributed by atoms with Gasteiger partial charge in [0.2, 0.25) is 0 Å². The van der Waals surface area contributed by atoms with Crippen LogP contribution in [0.4, 0.5) is 0 Å². The Morgan fingerprint density at radius 1 is 0.941 bits per heavy atom. The summed E-state index contributed by atoms with van der Waals surface area (Å²) < 4.78 is 0. The zero-order valence-corrected chi connectivity index (χ0v) is 12.4. The average molecular weight is 232 g/mol. The minimum absolute atomic E-state index is 0.410. The minimum Gasteiger partial charge on any atom is -0.0622 e. The molecule has 0 N–H and O–H groups in total. The van der Waals surface area contributed by atoms with Gasteiger partial charge in [-0.25, -0.2) is 0 Å². The van der Waals surface area contributed by atoms with Crippen molar-refractivity contribution in [2.45, 2.75) is 60.3 Å². The summed E-state index contributed by atoms with van der Waals surface area (Å²) in [6, 6.07) is 10.9. The van der Waals surface area contributed by atoms with Gasteiger partial charge in [-0.2, -0.15) is 0 Å². The van der Waals surface area contributed by atoms with Crippen molar-refractivity contribution in [1.29, 1.82) is 0 Å². The van der Waals surface area contributed by atoms with E-state index in [1.165, 1.54) is 18.4 Å². The molecule has 0 radical (unpaired) electrons. The largest absolute Gasteiger partial charge is 0.0622 e. The van der Waals surface area contributed by atoms with Crippen molar-refractivity contribution in [3.63, 3.8) is 0 Å². The van der Waals surface area contributed by atoms with Gasteiger partial charge in [0, 0.05) is 0 Å². The van der Waals surface area contributed by atoms with Crippen LogP contribution in [0.5, 0.6) is 0 Å². The van der Waals surface area contributed by atoms with Gasteiger partial charge < -0.3 is 0 Å². The van der Waals surface area contributed by atoms with E-state index in [4.69, 9.17) is 0 Å². The molecule has 0 aliphatic rings. The highest BCUT2D eigenvalue weighted by Gasteiger charge is 2.27. The van der Waals surface area contributed by atoms with E-state index in [0.29, 0.717) is 16.7 Å². The second kappa shape index (κ2) is 5.25. The second-order valence-corrected chi connectivity index (χ2v) is 7.42. The zero-order chi connectivity index (χ0) is 13.1. The van der Waals surface area contributed by atoms with E-state index in [9.17, 15) is 0 Å². The smallest absolute Gasteiger partial charge is 0.0185 e. The van der Waals surface area contributed by atoms with E-state index in [2.05, 4.69) is 71.9 Å². The summed E-state index contributed by atoms with van der Waals surface area (Å²) in [6.45, 7) is 14.2. The molecular weight excluding hydrogens is 204 g/mol. The van der Waals surface area contributed by atoms with Crippen LogP contribution in [0.2, 0.25) is 0 Å². The molecule has 0 heteroatoms. The maximum Gasteiger partial charge on any atom is -0.0185 e. The van der Waals surface area contributed by atoms with Gasteiger partial charge in [-0.3, -0.25) is 0 Å². The summed E-state index contributed by atoms with van der Waals surface area (Å²) in [6.07, 6.45) is 2.53. The summed E-state index contributed by atoms with van der Waals surface area (Å²) in [5.41, 5.74) is 2.29. The van der Waals surface area contributed by atoms with Crippen LogP contribution in [0.15, 0.2) is 30.3 Å². The van der Waals surface area contributed by atoms with E-state index in [1.807, 2.05) is 0 Å². The summed E-state index contributed by atoms with van der Waals surface area (Å²) in [4.78, 5) is 0. The lowest BCUT2D eigenvalue weighted by Crippen LogP contribution is -2.22. The maximum atomic E-state index is 2.40. The zero-order valence-electron chi connectivity index (χ0n) is 12.4. The summed E-state index contributed by atoms with van der Waals surface area (Å²) in [5.74, 6) is 0.647. The molecule has 0 aliphatic carbocycles. The highest BCUT2D eigenvalue weighted by Crippen LogP contribution is 2.40. The predicted octanol–water partition coefficient (Wildman–Crippen LogP) is 5.64. The number of benzene rings is 1. The lowest BCUT2D eigenvalue weighted by atomic mass is 9.71. The Labute approximate surface area is 107 Å². The van der Waals surface area contributed by atoms with E-state index < -0.39 is 0 Å². The molecular formula is C17H28. The SMILES string of the molecule is CC(CC(C)(C)CC(C)(C)C)c1ccccc1. The summed E-state index contributed by atoms with van der Waals surface area (Å²) >= 11 is 0. The highest BCUT2D eigenvalue weighted by molar-refractivity contribution is 5.19.